The van der Waals surface area contributed by atoms with E-state index in [4.69, 9.17) is 9.79 Å². The molecule has 0 aromatic carbocycles. The van der Waals surface area contributed by atoms with Gasteiger partial charge in [0.1, 0.15) is 0 Å². The minimum absolute atomic E-state index is 0.238. The van der Waals surface area contributed by atoms with Gasteiger partial charge in [0.25, 0.3) is 0 Å². The molecule has 0 radical (unpaired) electrons. The Morgan fingerprint density at radius 1 is 1.64 bits per heavy atom. The van der Waals surface area contributed by atoms with E-state index >= 15 is 0 Å². The van der Waals surface area contributed by atoms with Crippen LogP contribution in [-0.2, 0) is 9.19 Å². The summed E-state index contributed by atoms with van der Waals surface area (Å²) in [6.45, 7) is 0.238. The Bertz CT molecular complexity index is 232. The fourth-order valence-electron chi connectivity index (χ4n) is 0.559. The van der Waals surface area contributed by atoms with Crippen LogP contribution in [0.4, 0.5) is 0 Å². The number of hydrogen-bond donors (Lipinski definition) is 2. The lowest BCUT2D eigenvalue weighted by atomic mass is 10.6. The Morgan fingerprint density at radius 3 is 2.82 bits per heavy atom. The van der Waals surface area contributed by atoms with Crippen LogP contribution in [0.25, 0.3) is 0 Å². The number of rotatable bonds is 2. The highest BCUT2D eigenvalue weighted by Gasteiger charge is 2.18. The minimum Gasteiger partial charge on any atom is -0.301 e. The van der Waals surface area contributed by atoms with Crippen LogP contribution in [0.5, 0.6) is 0 Å². The zero-order chi connectivity index (χ0) is 8.32. The average Bonchev–Trinajstić information content (AvgIpc) is 1.85. The highest BCUT2D eigenvalue weighted by atomic mass is 31.2. The van der Waals surface area contributed by atoms with E-state index in [1.54, 1.807) is 0 Å². The molecule has 0 bridgehead atoms. The molecule has 62 valence electrons. The van der Waals surface area contributed by atoms with Crippen molar-refractivity contribution in [1.29, 1.82) is 0 Å². The molecule has 0 spiro atoms. The molecular formula is C4H7N2O4P. The van der Waals surface area contributed by atoms with Crippen molar-refractivity contribution in [1.82, 2.24) is 5.06 Å². The summed E-state index contributed by atoms with van der Waals surface area (Å²) >= 11 is 0. The van der Waals surface area contributed by atoms with Gasteiger partial charge in [0.15, 0.2) is 0 Å². The number of nitrogens with zero attached hydrogens (tertiary/aromatic N) is 2. The van der Waals surface area contributed by atoms with Crippen LogP contribution in [0.2, 0.25) is 0 Å². The molecule has 0 amide bonds. The number of hydroxylamine groups is 2. The van der Waals surface area contributed by atoms with Gasteiger partial charge in [-0.25, -0.2) is 9.63 Å². The second kappa shape index (κ2) is 3.15. The minimum atomic E-state index is -4.42. The Labute approximate surface area is 63.0 Å². The lowest BCUT2D eigenvalue weighted by molar-refractivity contribution is -0.0227. The molecule has 0 aliphatic carbocycles. The highest BCUT2D eigenvalue weighted by molar-refractivity contribution is 7.46. The van der Waals surface area contributed by atoms with Crippen molar-refractivity contribution in [3.05, 3.63) is 12.4 Å². The average molecular weight is 178 g/mol. The standard InChI is InChI=1S/C4H7N2O4P/c7-11(8,9)10-6-3-1-5-2-4-6/h1-3H,4H2,(H2,7,8,9). The van der Waals surface area contributed by atoms with E-state index in [9.17, 15) is 4.57 Å². The molecule has 0 atom stereocenters. The normalized spacial score (nSPS) is 17.5. The van der Waals surface area contributed by atoms with Gasteiger partial charge in [-0.2, -0.15) is 4.62 Å². The predicted octanol–water partition coefficient (Wildman–Crippen LogP) is -0.132. The smallest absolute Gasteiger partial charge is 0.301 e. The van der Waals surface area contributed by atoms with Crippen molar-refractivity contribution in [3.8, 4) is 0 Å². The van der Waals surface area contributed by atoms with E-state index in [2.05, 4.69) is 9.62 Å². The molecule has 0 fully saturated rings. The lowest BCUT2D eigenvalue weighted by Crippen LogP contribution is -2.20. The zero-order valence-corrected chi connectivity index (χ0v) is 6.39. The van der Waals surface area contributed by atoms with Crippen LogP contribution in [-0.4, -0.2) is 27.6 Å². The van der Waals surface area contributed by atoms with Gasteiger partial charge in [-0.3, -0.25) is 4.99 Å². The molecule has 1 aliphatic rings. The second-order valence-corrected chi connectivity index (χ2v) is 2.95. The maximum atomic E-state index is 10.3. The molecule has 1 rings (SSSR count). The summed E-state index contributed by atoms with van der Waals surface area (Å²) in [5, 5.41) is 1.01. The zero-order valence-electron chi connectivity index (χ0n) is 5.49. The summed E-state index contributed by atoms with van der Waals surface area (Å²) in [4.78, 5) is 20.4. The first-order chi connectivity index (χ1) is 5.08. The fourth-order valence-corrected chi connectivity index (χ4v) is 0.954. The second-order valence-electron chi connectivity index (χ2n) is 1.80. The first kappa shape index (κ1) is 8.42. The summed E-state index contributed by atoms with van der Waals surface area (Å²) < 4.78 is 14.5. The van der Waals surface area contributed by atoms with E-state index in [-0.39, 0.29) is 6.54 Å². The van der Waals surface area contributed by atoms with Crippen LogP contribution < -0.4 is 0 Å². The molecule has 0 aromatic heterocycles. The van der Waals surface area contributed by atoms with Crippen molar-refractivity contribution >= 4 is 14.0 Å². The van der Waals surface area contributed by atoms with E-state index in [1.807, 2.05) is 0 Å². The molecule has 0 aromatic rings. The van der Waals surface area contributed by atoms with Gasteiger partial charge in [0.2, 0.25) is 0 Å². The van der Waals surface area contributed by atoms with E-state index < -0.39 is 7.82 Å². The van der Waals surface area contributed by atoms with Crippen molar-refractivity contribution in [2.75, 3.05) is 6.54 Å². The topological polar surface area (TPSA) is 82.4 Å². The summed E-state index contributed by atoms with van der Waals surface area (Å²) in [6.07, 6.45) is 4.17. The van der Waals surface area contributed by atoms with Crippen molar-refractivity contribution < 1.29 is 19.0 Å². The molecule has 6 nitrogen and oxygen atoms in total. The predicted molar refractivity (Wildman–Crippen MR) is 37.5 cm³/mol. The molecule has 0 saturated heterocycles. The van der Waals surface area contributed by atoms with E-state index in [1.165, 1.54) is 18.6 Å². The Kier molecular flexibility index (Phi) is 2.41. The number of phosphoric acid groups is 1. The maximum absolute atomic E-state index is 10.3. The first-order valence-corrected chi connectivity index (χ1v) is 4.31. The highest BCUT2D eigenvalue weighted by Crippen LogP contribution is 2.37. The van der Waals surface area contributed by atoms with Crippen LogP contribution in [0.15, 0.2) is 17.4 Å². The number of hydrogen-bond acceptors (Lipinski definition) is 4. The molecule has 11 heavy (non-hydrogen) atoms. The van der Waals surface area contributed by atoms with E-state index in [0.29, 0.717) is 0 Å². The number of aliphatic imine (C=N–C) groups is 1. The quantitative estimate of drug-likeness (QED) is 0.575. The summed E-state index contributed by atoms with van der Waals surface area (Å²) in [5.41, 5.74) is 0. The molecule has 0 saturated carbocycles. The Hall–Kier alpha value is -0.680. The third-order valence-electron chi connectivity index (χ3n) is 0.897. The first-order valence-electron chi connectivity index (χ1n) is 2.78. The van der Waals surface area contributed by atoms with Crippen molar-refractivity contribution in [3.63, 3.8) is 0 Å². The van der Waals surface area contributed by atoms with Crippen LogP contribution in [0.3, 0.4) is 0 Å². The summed E-state index contributed by atoms with van der Waals surface area (Å²) in [5.74, 6) is 0. The largest absolute Gasteiger partial charge is 0.491 e. The third-order valence-corrected chi connectivity index (χ3v) is 1.32. The van der Waals surface area contributed by atoms with Gasteiger partial charge < -0.3 is 9.79 Å². The lowest BCUT2D eigenvalue weighted by Gasteiger charge is -2.18. The molecule has 7 heteroatoms. The van der Waals surface area contributed by atoms with Gasteiger partial charge in [0, 0.05) is 18.6 Å². The molecular weight excluding hydrogens is 171 g/mol. The van der Waals surface area contributed by atoms with Gasteiger partial charge in [-0.15, -0.1) is 0 Å². The van der Waals surface area contributed by atoms with Crippen LogP contribution >= 0.6 is 7.82 Å². The molecule has 1 aliphatic heterocycles. The monoisotopic (exact) mass is 178 g/mol. The van der Waals surface area contributed by atoms with Gasteiger partial charge in [-0.05, 0) is 0 Å². The SMILES string of the molecule is O=P(O)(O)ON1C=CN=CC1. The van der Waals surface area contributed by atoms with Crippen molar-refractivity contribution in [2.24, 2.45) is 4.99 Å². The fraction of sp³-hybridized carbons (Fsp3) is 0.250. The Morgan fingerprint density at radius 2 is 2.36 bits per heavy atom. The van der Waals surface area contributed by atoms with Crippen molar-refractivity contribution in [2.45, 2.75) is 0 Å². The van der Waals surface area contributed by atoms with Gasteiger partial charge >= 0.3 is 7.82 Å². The van der Waals surface area contributed by atoms with E-state index in [0.717, 1.165) is 5.06 Å². The van der Waals surface area contributed by atoms with Crippen LogP contribution in [0, 0.1) is 0 Å². The van der Waals surface area contributed by atoms with Gasteiger partial charge in [-0.1, -0.05) is 0 Å². The Balaban J connectivity index is 2.46. The molecule has 1 heterocycles. The third kappa shape index (κ3) is 3.29. The summed E-state index contributed by atoms with van der Waals surface area (Å²) in [7, 11) is -4.42. The molecule has 2 N–H and O–H groups in total. The van der Waals surface area contributed by atoms with Crippen LogP contribution in [0.1, 0.15) is 0 Å². The van der Waals surface area contributed by atoms with Gasteiger partial charge in [0.05, 0.1) is 6.54 Å². The molecule has 0 unspecified atom stereocenters. The maximum Gasteiger partial charge on any atom is 0.491 e. The summed E-state index contributed by atoms with van der Waals surface area (Å²) in [6, 6.07) is 0.